The Kier molecular flexibility index (Phi) is 2.56. The lowest BCUT2D eigenvalue weighted by Crippen LogP contribution is -1.91. The lowest BCUT2D eigenvalue weighted by molar-refractivity contribution is 0.299. The van der Waals surface area contributed by atoms with Gasteiger partial charge in [-0.3, -0.25) is 4.68 Å². The van der Waals surface area contributed by atoms with Crippen LogP contribution in [0.25, 0.3) is 10.9 Å². The summed E-state index contributed by atoms with van der Waals surface area (Å²) >= 11 is 3.41. The molecule has 74 valence electrons. The Morgan fingerprint density at radius 3 is 3.00 bits per heavy atom. The van der Waals surface area contributed by atoms with Crippen LogP contribution in [0.3, 0.4) is 0 Å². The van der Waals surface area contributed by atoms with Crippen molar-refractivity contribution in [1.82, 2.24) is 9.78 Å². The quantitative estimate of drug-likeness (QED) is 0.889. The molecule has 0 bridgehead atoms. The molecule has 0 fully saturated rings. The minimum absolute atomic E-state index is 0.184. The fourth-order valence-corrected chi connectivity index (χ4v) is 2.11. The maximum Gasteiger partial charge on any atom is 0.135 e. The second-order valence-corrected chi connectivity index (χ2v) is 3.99. The highest BCUT2D eigenvalue weighted by atomic mass is 79.9. The first-order chi connectivity index (χ1) is 6.72. The molecular formula is C10H11BrN2O. The molecule has 4 heteroatoms. The number of halogens is 1. The first-order valence-corrected chi connectivity index (χ1v) is 5.23. The van der Waals surface area contributed by atoms with Gasteiger partial charge in [-0.25, -0.2) is 0 Å². The summed E-state index contributed by atoms with van der Waals surface area (Å²) in [6, 6.07) is 6.10. The van der Waals surface area contributed by atoms with Gasteiger partial charge in [0, 0.05) is 19.0 Å². The molecule has 2 rings (SSSR count). The lowest BCUT2D eigenvalue weighted by Gasteiger charge is -1.98. The smallest absolute Gasteiger partial charge is 0.135 e. The molecule has 14 heavy (non-hydrogen) atoms. The van der Waals surface area contributed by atoms with Crippen LogP contribution in [0.2, 0.25) is 0 Å². The van der Waals surface area contributed by atoms with Gasteiger partial charge in [0.25, 0.3) is 0 Å². The number of benzene rings is 1. The summed E-state index contributed by atoms with van der Waals surface area (Å²) < 4.78 is 2.69. The zero-order valence-corrected chi connectivity index (χ0v) is 9.45. The Bertz CT molecular complexity index is 464. The highest BCUT2D eigenvalue weighted by Crippen LogP contribution is 2.23. The maximum atomic E-state index is 8.83. The van der Waals surface area contributed by atoms with Crippen molar-refractivity contribution in [3.05, 3.63) is 28.4 Å². The van der Waals surface area contributed by atoms with Gasteiger partial charge in [0.2, 0.25) is 0 Å². The van der Waals surface area contributed by atoms with Crippen molar-refractivity contribution in [3.8, 4) is 0 Å². The van der Waals surface area contributed by atoms with Crippen molar-refractivity contribution in [3.63, 3.8) is 0 Å². The molecular weight excluding hydrogens is 244 g/mol. The van der Waals surface area contributed by atoms with E-state index in [9.17, 15) is 0 Å². The molecule has 1 aromatic carbocycles. The Balaban J connectivity index is 2.59. The van der Waals surface area contributed by atoms with E-state index in [0.29, 0.717) is 6.42 Å². The van der Waals surface area contributed by atoms with Gasteiger partial charge in [-0.05, 0) is 40.0 Å². The van der Waals surface area contributed by atoms with E-state index < -0.39 is 0 Å². The third kappa shape index (κ3) is 1.55. The SMILES string of the molecule is Cn1nc(Br)c2cc(CCO)ccc21. The number of fused-ring (bicyclic) bond motifs is 1. The minimum atomic E-state index is 0.184. The molecule has 0 saturated heterocycles. The van der Waals surface area contributed by atoms with Gasteiger partial charge < -0.3 is 5.11 Å². The van der Waals surface area contributed by atoms with Crippen molar-refractivity contribution in [2.24, 2.45) is 7.05 Å². The molecule has 1 heterocycles. The van der Waals surface area contributed by atoms with Gasteiger partial charge >= 0.3 is 0 Å². The molecule has 2 aromatic rings. The first kappa shape index (κ1) is 9.68. The van der Waals surface area contributed by atoms with Gasteiger partial charge in [0.1, 0.15) is 4.60 Å². The van der Waals surface area contributed by atoms with E-state index >= 15 is 0 Å². The lowest BCUT2D eigenvalue weighted by atomic mass is 10.1. The van der Waals surface area contributed by atoms with Gasteiger partial charge in [-0.15, -0.1) is 0 Å². The van der Waals surface area contributed by atoms with Crippen molar-refractivity contribution in [2.75, 3.05) is 6.61 Å². The van der Waals surface area contributed by atoms with Crippen molar-refractivity contribution in [1.29, 1.82) is 0 Å². The zero-order chi connectivity index (χ0) is 10.1. The average molecular weight is 255 g/mol. The van der Waals surface area contributed by atoms with E-state index in [1.165, 1.54) is 0 Å². The predicted octanol–water partition coefficient (Wildman–Crippen LogP) is 1.87. The standard InChI is InChI=1S/C10H11BrN2O/c1-13-9-3-2-7(4-5-14)6-8(9)10(11)12-13/h2-3,6,14H,4-5H2,1H3. The molecule has 1 aromatic heterocycles. The van der Waals surface area contributed by atoms with Gasteiger partial charge in [-0.2, -0.15) is 5.10 Å². The second-order valence-electron chi connectivity index (χ2n) is 3.24. The highest BCUT2D eigenvalue weighted by Gasteiger charge is 2.05. The number of aliphatic hydroxyl groups is 1. The number of aromatic nitrogens is 2. The molecule has 0 radical (unpaired) electrons. The fraction of sp³-hybridized carbons (Fsp3) is 0.300. The highest BCUT2D eigenvalue weighted by molar-refractivity contribution is 9.10. The van der Waals surface area contributed by atoms with Crippen LogP contribution in [0.1, 0.15) is 5.56 Å². The van der Waals surface area contributed by atoms with Crippen molar-refractivity contribution >= 4 is 26.8 Å². The molecule has 3 nitrogen and oxygen atoms in total. The van der Waals surface area contributed by atoms with Crippen LogP contribution in [-0.4, -0.2) is 21.5 Å². The number of rotatable bonds is 2. The molecule has 0 atom stereocenters. The van der Waals surface area contributed by atoms with E-state index in [4.69, 9.17) is 5.11 Å². The van der Waals surface area contributed by atoms with Crippen LogP contribution < -0.4 is 0 Å². The normalized spacial score (nSPS) is 11.1. The number of hydrogen-bond acceptors (Lipinski definition) is 2. The molecule has 0 saturated carbocycles. The summed E-state index contributed by atoms with van der Waals surface area (Å²) in [5, 5.41) is 14.2. The number of aliphatic hydroxyl groups excluding tert-OH is 1. The van der Waals surface area contributed by atoms with Crippen LogP contribution >= 0.6 is 15.9 Å². The molecule has 0 unspecified atom stereocenters. The largest absolute Gasteiger partial charge is 0.396 e. The Morgan fingerprint density at radius 2 is 2.29 bits per heavy atom. The summed E-state index contributed by atoms with van der Waals surface area (Å²) in [5.41, 5.74) is 2.23. The average Bonchev–Trinajstić information content (AvgIpc) is 2.43. The van der Waals surface area contributed by atoms with Crippen LogP contribution in [-0.2, 0) is 13.5 Å². The molecule has 0 aliphatic rings. The molecule has 0 amide bonds. The summed E-state index contributed by atoms with van der Waals surface area (Å²) in [7, 11) is 1.92. The zero-order valence-electron chi connectivity index (χ0n) is 7.87. The van der Waals surface area contributed by atoms with Gasteiger partial charge in [-0.1, -0.05) is 6.07 Å². The van der Waals surface area contributed by atoms with E-state index in [-0.39, 0.29) is 6.61 Å². The van der Waals surface area contributed by atoms with Gasteiger partial charge in [0.15, 0.2) is 0 Å². The third-order valence-corrected chi connectivity index (χ3v) is 2.86. The van der Waals surface area contributed by atoms with E-state index in [1.54, 1.807) is 0 Å². The topological polar surface area (TPSA) is 38.0 Å². The van der Waals surface area contributed by atoms with Crippen LogP contribution in [0.4, 0.5) is 0 Å². The van der Waals surface area contributed by atoms with Crippen molar-refractivity contribution in [2.45, 2.75) is 6.42 Å². The van der Waals surface area contributed by atoms with Crippen LogP contribution in [0.15, 0.2) is 22.8 Å². The molecule has 0 aliphatic carbocycles. The first-order valence-electron chi connectivity index (χ1n) is 4.44. The number of aryl methyl sites for hydroxylation is 1. The fourth-order valence-electron chi connectivity index (χ4n) is 1.55. The predicted molar refractivity (Wildman–Crippen MR) is 59.2 cm³/mol. The Morgan fingerprint density at radius 1 is 1.50 bits per heavy atom. The second kappa shape index (κ2) is 3.71. The van der Waals surface area contributed by atoms with Crippen LogP contribution in [0.5, 0.6) is 0 Å². The summed E-state index contributed by atoms with van der Waals surface area (Å²) in [6.07, 6.45) is 0.692. The Hall–Kier alpha value is -0.870. The maximum absolute atomic E-state index is 8.83. The molecule has 0 aliphatic heterocycles. The van der Waals surface area contributed by atoms with E-state index in [2.05, 4.69) is 27.1 Å². The van der Waals surface area contributed by atoms with Crippen molar-refractivity contribution < 1.29 is 5.11 Å². The molecule has 0 spiro atoms. The van der Waals surface area contributed by atoms with E-state index in [0.717, 1.165) is 21.1 Å². The minimum Gasteiger partial charge on any atom is -0.396 e. The Labute approximate surface area is 90.5 Å². The summed E-state index contributed by atoms with van der Waals surface area (Å²) in [6.45, 7) is 0.184. The monoisotopic (exact) mass is 254 g/mol. The number of hydrogen-bond donors (Lipinski definition) is 1. The molecule has 1 N–H and O–H groups in total. The third-order valence-electron chi connectivity index (χ3n) is 2.27. The summed E-state index contributed by atoms with van der Waals surface area (Å²) in [5.74, 6) is 0. The van der Waals surface area contributed by atoms with Gasteiger partial charge in [0.05, 0.1) is 5.52 Å². The van der Waals surface area contributed by atoms with Crippen LogP contribution in [0, 0.1) is 0 Å². The van der Waals surface area contributed by atoms with E-state index in [1.807, 2.05) is 23.9 Å². The number of nitrogens with zero attached hydrogens (tertiary/aromatic N) is 2. The summed E-state index contributed by atoms with van der Waals surface area (Å²) in [4.78, 5) is 0.